The number of hydrogen-bond donors (Lipinski definition) is 1. The number of rotatable bonds is 7. The lowest BCUT2D eigenvalue weighted by Gasteiger charge is -2.23. The minimum Gasteiger partial charge on any atom is -0.344 e. The molecule has 2 heterocycles. The van der Waals surface area contributed by atoms with E-state index in [9.17, 15) is 14.4 Å². The second kappa shape index (κ2) is 9.52. The quantitative estimate of drug-likeness (QED) is 0.770. The molecule has 0 saturated carbocycles. The Labute approximate surface area is 170 Å². The van der Waals surface area contributed by atoms with Crippen LogP contribution in [0.3, 0.4) is 0 Å². The third-order valence-corrected chi connectivity index (χ3v) is 5.07. The summed E-state index contributed by atoms with van der Waals surface area (Å²) in [4.78, 5) is 41.2. The third-order valence-electron chi connectivity index (χ3n) is 5.07. The standard InChI is InChI=1S/C22H28N4O3/c1-24(2)15-19(17-8-4-3-5-9-17)23-22(29)18-10-11-20(27)26(14-18)16-21(28)25-12-6-7-13-25/h3-5,8-11,14,19H,6-7,12-13,15-16H2,1-2H3,(H,23,29)/t19-/m0/s1. The molecule has 0 spiro atoms. The van der Waals surface area contributed by atoms with Crippen molar-refractivity contribution in [3.05, 3.63) is 70.1 Å². The van der Waals surface area contributed by atoms with Crippen LogP contribution in [0, 0.1) is 0 Å². The third kappa shape index (κ3) is 5.54. The second-order valence-corrected chi connectivity index (χ2v) is 7.67. The number of carbonyl (C=O) groups is 2. The van der Waals surface area contributed by atoms with E-state index in [1.165, 1.54) is 22.9 Å². The molecule has 2 amide bonds. The van der Waals surface area contributed by atoms with Gasteiger partial charge in [-0.2, -0.15) is 0 Å². The minimum absolute atomic E-state index is 0.0419. The fourth-order valence-electron chi connectivity index (χ4n) is 3.53. The van der Waals surface area contributed by atoms with Gasteiger partial charge in [0.05, 0.1) is 11.6 Å². The molecule has 2 aromatic rings. The molecule has 1 aromatic heterocycles. The van der Waals surface area contributed by atoms with Crippen LogP contribution in [0.5, 0.6) is 0 Å². The summed E-state index contributed by atoms with van der Waals surface area (Å²) in [6, 6.07) is 12.4. The molecule has 1 N–H and O–H groups in total. The normalized spacial score (nSPS) is 14.8. The number of amides is 2. The first-order valence-electron chi connectivity index (χ1n) is 9.93. The maximum atomic E-state index is 12.9. The van der Waals surface area contributed by atoms with Crippen LogP contribution >= 0.6 is 0 Å². The van der Waals surface area contributed by atoms with Crippen LogP contribution in [0.4, 0.5) is 0 Å². The van der Waals surface area contributed by atoms with Crippen LogP contribution in [0.2, 0.25) is 0 Å². The van der Waals surface area contributed by atoms with Gasteiger partial charge in [-0.3, -0.25) is 14.4 Å². The topological polar surface area (TPSA) is 74.6 Å². The molecule has 154 valence electrons. The van der Waals surface area contributed by atoms with Crippen molar-refractivity contribution in [2.45, 2.75) is 25.4 Å². The highest BCUT2D eigenvalue weighted by atomic mass is 16.2. The summed E-state index contributed by atoms with van der Waals surface area (Å²) in [7, 11) is 3.90. The van der Waals surface area contributed by atoms with E-state index in [2.05, 4.69) is 5.32 Å². The molecule has 1 aromatic carbocycles. The molecule has 0 aliphatic carbocycles. The summed E-state index contributed by atoms with van der Waals surface area (Å²) in [5.74, 6) is -0.361. The molecular formula is C22H28N4O3. The van der Waals surface area contributed by atoms with E-state index >= 15 is 0 Å². The Morgan fingerprint density at radius 2 is 1.76 bits per heavy atom. The van der Waals surface area contributed by atoms with Gasteiger partial charge in [0.2, 0.25) is 5.91 Å². The molecule has 1 fully saturated rings. The first-order chi connectivity index (χ1) is 13.9. The number of likely N-dealkylation sites (tertiary alicyclic amines) is 1. The van der Waals surface area contributed by atoms with Gasteiger partial charge in [0.1, 0.15) is 6.54 Å². The number of likely N-dealkylation sites (N-methyl/N-ethyl adjacent to an activating group) is 1. The molecule has 1 saturated heterocycles. The average Bonchev–Trinajstić information content (AvgIpc) is 3.24. The summed E-state index contributed by atoms with van der Waals surface area (Å²) in [5.41, 5.74) is 1.08. The van der Waals surface area contributed by atoms with E-state index in [-0.39, 0.29) is 30.0 Å². The lowest BCUT2D eigenvalue weighted by molar-refractivity contribution is -0.130. The molecule has 3 rings (SSSR count). The van der Waals surface area contributed by atoms with Crippen LogP contribution in [-0.2, 0) is 11.3 Å². The number of pyridine rings is 1. The van der Waals surface area contributed by atoms with E-state index in [0.29, 0.717) is 12.1 Å². The largest absolute Gasteiger partial charge is 0.344 e. The highest BCUT2D eigenvalue weighted by molar-refractivity contribution is 5.94. The van der Waals surface area contributed by atoms with Crippen molar-refractivity contribution < 1.29 is 9.59 Å². The summed E-state index contributed by atoms with van der Waals surface area (Å²) in [6.07, 6.45) is 3.47. The van der Waals surface area contributed by atoms with E-state index in [0.717, 1.165) is 31.5 Å². The van der Waals surface area contributed by atoms with Crippen molar-refractivity contribution in [3.63, 3.8) is 0 Å². The predicted molar refractivity (Wildman–Crippen MR) is 112 cm³/mol. The van der Waals surface area contributed by atoms with E-state index in [1.54, 1.807) is 4.90 Å². The molecule has 7 heteroatoms. The first kappa shape index (κ1) is 20.8. The molecule has 29 heavy (non-hydrogen) atoms. The molecular weight excluding hydrogens is 368 g/mol. The van der Waals surface area contributed by atoms with Gasteiger partial charge in [0.25, 0.3) is 11.5 Å². The zero-order chi connectivity index (χ0) is 20.8. The number of nitrogens with one attached hydrogen (secondary N) is 1. The Morgan fingerprint density at radius 3 is 2.41 bits per heavy atom. The molecule has 1 aliphatic heterocycles. The van der Waals surface area contributed by atoms with Crippen molar-refractivity contribution >= 4 is 11.8 Å². The average molecular weight is 396 g/mol. The smallest absolute Gasteiger partial charge is 0.253 e. The Morgan fingerprint density at radius 1 is 1.07 bits per heavy atom. The van der Waals surface area contributed by atoms with Crippen molar-refractivity contribution in [2.24, 2.45) is 0 Å². The van der Waals surface area contributed by atoms with Crippen LogP contribution in [0.1, 0.15) is 34.8 Å². The summed E-state index contributed by atoms with van der Waals surface area (Å²) in [6.45, 7) is 2.07. The molecule has 0 bridgehead atoms. The highest BCUT2D eigenvalue weighted by Crippen LogP contribution is 2.14. The van der Waals surface area contributed by atoms with E-state index in [1.807, 2.05) is 49.3 Å². The van der Waals surface area contributed by atoms with E-state index < -0.39 is 0 Å². The lowest BCUT2D eigenvalue weighted by atomic mass is 10.1. The summed E-state index contributed by atoms with van der Waals surface area (Å²) in [5, 5.41) is 3.04. The van der Waals surface area contributed by atoms with Gasteiger partial charge in [-0.05, 0) is 38.6 Å². The SMILES string of the molecule is CN(C)C[C@H](NC(=O)c1ccc(=O)n(CC(=O)N2CCCC2)c1)c1ccccc1. The zero-order valence-corrected chi connectivity index (χ0v) is 17.0. The van der Waals surface area contributed by atoms with Gasteiger partial charge >= 0.3 is 0 Å². The number of carbonyl (C=O) groups excluding carboxylic acids is 2. The van der Waals surface area contributed by atoms with Gasteiger partial charge in [0, 0.05) is 31.9 Å². The Bertz CT molecular complexity index is 902. The maximum absolute atomic E-state index is 12.9. The number of nitrogens with zero attached hydrogens (tertiary/aromatic N) is 3. The Balaban J connectivity index is 1.75. The van der Waals surface area contributed by atoms with Crippen LogP contribution < -0.4 is 10.9 Å². The highest BCUT2D eigenvalue weighted by Gasteiger charge is 2.20. The van der Waals surface area contributed by atoms with Crippen LogP contribution in [0.25, 0.3) is 0 Å². The second-order valence-electron chi connectivity index (χ2n) is 7.67. The monoisotopic (exact) mass is 396 g/mol. The number of hydrogen-bond acceptors (Lipinski definition) is 4. The Kier molecular flexibility index (Phi) is 6.82. The molecule has 0 unspecified atom stereocenters. The van der Waals surface area contributed by atoms with Crippen molar-refractivity contribution in [1.29, 1.82) is 0 Å². The van der Waals surface area contributed by atoms with Crippen LogP contribution in [0.15, 0.2) is 53.5 Å². The van der Waals surface area contributed by atoms with E-state index in [4.69, 9.17) is 0 Å². The first-order valence-corrected chi connectivity index (χ1v) is 9.93. The molecule has 0 radical (unpaired) electrons. The van der Waals surface area contributed by atoms with Gasteiger partial charge < -0.3 is 19.7 Å². The van der Waals surface area contributed by atoms with Crippen molar-refractivity contribution in [1.82, 2.24) is 19.7 Å². The van der Waals surface area contributed by atoms with Crippen LogP contribution in [-0.4, -0.2) is 59.9 Å². The molecule has 7 nitrogen and oxygen atoms in total. The van der Waals surface area contributed by atoms with Crippen molar-refractivity contribution in [2.75, 3.05) is 33.7 Å². The number of aromatic nitrogens is 1. The summed E-state index contributed by atoms with van der Waals surface area (Å²) >= 11 is 0. The van der Waals surface area contributed by atoms with Gasteiger partial charge in [0.15, 0.2) is 0 Å². The van der Waals surface area contributed by atoms with Crippen molar-refractivity contribution in [3.8, 4) is 0 Å². The zero-order valence-electron chi connectivity index (χ0n) is 17.0. The molecule has 1 aliphatic rings. The van der Waals surface area contributed by atoms with Gasteiger partial charge in [-0.15, -0.1) is 0 Å². The minimum atomic E-state index is -0.290. The fraction of sp³-hybridized carbons (Fsp3) is 0.409. The predicted octanol–water partition coefficient (Wildman–Crippen LogP) is 1.50. The van der Waals surface area contributed by atoms with Gasteiger partial charge in [-0.1, -0.05) is 30.3 Å². The molecule has 1 atom stereocenters. The fourth-order valence-corrected chi connectivity index (χ4v) is 3.53. The lowest BCUT2D eigenvalue weighted by Crippen LogP contribution is -2.37. The van der Waals surface area contributed by atoms with Gasteiger partial charge in [-0.25, -0.2) is 0 Å². The maximum Gasteiger partial charge on any atom is 0.253 e. The summed E-state index contributed by atoms with van der Waals surface area (Å²) < 4.78 is 1.32. The number of benzene rings is 1. The Hall–Kier alpha value is -2.93.